The maximum absolute atomic E-state index is 6.22. The first-order chi connectivity index (χ1) is 23.3. The molecule has 0 bridgehead atoms. The van der Waals surface area contributed by atoms with Crippen molar-refractivity contribution >= 4 is 33.0 Å². The molecule has 0 atom stereocenters. The molecule has 5 heteroatoms. The van der Waals surface area contributed by atoms with Crippen molar-refractivity contribution in [3.63, 3.8) is 0 Å². The van der Waals surface area contributed by atoms with E-state index in [1.165, 1.54) is 0 Å². The maximum Gasteiger partial charge on any atom is 0.228 e. The van der Waals surface area contributed by atoms with E-state index in [2.05, 4.69) is 91.0 Å². The van der Waals surface area contributed by atoms with Crippen molar-refractivity contribution in [1.82, 2.24) is 19.9 Å². The molecule has 0 aliphatic rings. The number of benzene rings is 6. The van der Waals surface area contributed by atoms with Crippen LogP contribution in [0, 0.1) is 0 Å². The Labute approximate surface area is 270 Å². The fourth-order valence-electron chi connectivity index (χ4n) is 6.28. The van der Waals surface area contributed by atoms with Gasteiger partial charge >= 0.3 is 0 Å². The van der Waals surface area contributed by atoms with Gasteiger partial charge in [-0.3, -0.25) is 0 Å². The molecule has 0 amide bonds. The van der Waals surface area contributed by atoms with Crippen LogP contribution in [-0.2, 0) is 0 Å². The Bertz CT molecular complexity index is 2560. The van der Waals surface area contributed by atoms with E-state index in [9.17, 15) is 0 Å². The zero-order valence-corrected chi connectivity index (χ0v) is 25.2. The fraction of sp³-hybridized carbons (Fsp3) is 0. The van der Waals surface area contributed by atoms with E-state index in [4.69, 9.17) is 24.4 Å². The summed E-state index contributed by atoms with van der Waals surface area (Å²) in [5.74, 6) is 1.87. The Morgan fingerprint density at radius 1 is 0.362 bits per heavy atom. The molecule has 0 unspecified atom stereocenters. The molecule has 0 spiro atoms. The molecule has 0 fully saturated rings. The van der Waals surface area contributed by atoms with Gasteiger partial charge in [0.25, 0.3) is 0 Å². The second-order valence-electron chi connectivity index (χ2n) is 11.5. The van der Waals surface area contributed by atoms with Gasteiger partial charge < -0.3 is 4.42 Å². The van der Waals surface area contributed by atoms with E-state index in [0.717, 1.165) is 66.2 Å². The summed E-state index contributed by atoms with van der Waals surface area (Å²) >= 11 is 0. The summed E-state index contributed by atoms with van der Waals surface area (Å²) in [5, 5.41) is 3.14. The molecule has 3 aromatic heterocycles. The second kappa shape index (κ2) is 11.2. The summed E-state index contributed by atoms with van der Waals surface area (Å²) in [5.41, 5.74) is 9.54. The lowest BCUT2D eigenvalue weighted by molar-refractivity contribution is 0.656. The summed E-state index contributed by atoms with van der Waals surface area (Å²) in [6.07, 6.45) is 0. The number of rotatable bonds is 5. The fourth-order valence-corrected chi connectivity index (χ4v) is 6.28. The topological polar surface area (TPSA) is 64.7 Å². The van der Waals surface area contributed by atoms with Crippen LogP contribution in [0.5, 0.6) is 0 Å². The highest BCUT2D eigenvalue weighted by molar-refractivity contribution is 6.18. The molecular formula is C42H26N4O. The van der Waals surface area contributed by atoms with Crippen LogP contribution in [0.2, 0.25) is 0 Å². The van der Waals surface area contributed by atoms with Gasteiger partial charge in [-0.25, -0.2) is 19.9 Å². The molecule has 0 saturated carbocycles. The molecule has 0 radical (unpaired) electrons. The van der Waals surface area contributed by atoms with Crippen LogP contribution < -0.4 is 0 Å². The average Bonchev–Trinajstić information content (AvgIpc) is 3.52. The third kappa shape index (κ3) is 4.82. The highest BCUT2D eigenvalue weighted by atomic mass is 16.3. The Balaban J connectivity index is 1.19. The van der Waals surface area contributed by atoms with Gasteiger partial charge in [0.05, 0.1) is 10.9 Å². The van der Waals surface area contributed by atoms with E-state index < -0.39 is 0 Å². The lowest BCUT2D eigenvalue weighted by Gasteiger charge is -2.11. The molecule has 0 aliphatic carbocycles. The van der Waals surface area contributed by atoms with Gasteiger partial charge in [-0.2, -0.15) is 0 Å². The van der Waals surface area contributed by atoms with Gasteiger partial charge in [-0.1, -0.05) is 140 Å². The van der Waals surface area contributed by atoms with Gasteiger partial charge in [0.1, 0.15) is 5.58 Å². The van der Waals surface area contributed by atoms with Crippen LogP contribution >= 0.6 is 0 Å². The minimum Gasteiger partial charge on any atom is -0.438 e. The molecule has 6 aromatic carbocycles. The highest BCUT2D eigenvalue weighted by Crippen LogP contribution is 2.40. The lowest BCUT2D eigenvalue weighted by Crippen LogP contribution is -2.00. The van der Waals surface area contributed by atoms with Crippen molar-refractivity contribution in [2.75, 3.05) is 0 Å². The first kappa shape index (κ1) is 26.9. The lowest BCUT2D eigenvalue weighted by atomic mass is 9.95. The first-order valence-corrected chi connectivity index (χ1v) is 15.6. The van der Waals surface area contributed by atoms with Gasteiger partial charge in [0.15, 0.2) is 17.5 Å². The molecule has 47 heavy (non-hydrogen) atoms. The van der Waals surface area contributed by atoms with E-state index in [1.807, 2.05) is 66.7 Å². The number of aromatic nitrogens is 4. The van der Waals surface area contributed by atoms with Gasteiger partial charge in [-0.05, 0) is 34.9 Å². The quantitative estimate of drug-likeness (QED) is 0.196. The minimum absolute atomic E-state index is 0.615. The number of nitrogens with zero attached hydrogens (tertiary/aromatic N) is 4. The molecular weight excluding hydrogens is 576 g/mol. The maximum atomic E-state index is 6.22. The molecule has 9 aromatic rings. The van der Waals surface area contributed by atoms with Crippen molar-refractivity contribution in [2.24, 2.45) is 0 Å². The van der Waals surface area contributed by atoms with Gasteiger partial charge in [-0.15, -0.1) is 0 Å². The number of pyridine rings is 1. The molecule has 0 aliphatic heterocycles. The molecule has 9 rings (SSSR count). The Morgan fingerprint density at radius 2 is 0.894 bits per heavy atom. The summed E-state index contributed by atoms with van der Waals surface area (Å²) in [6, 6.07) is 53.6. The van der Waals surface area contributed by atoms with Crippen molar-refractivity contribution in [3.05, 3.63) is 158 Å². The van der Waals surface area contributed by atoms with Crippen molar-refractivity contribution in [2.45, 2.75) is 0 Å². The van der Waals surface area contributed by atoms with Crippen LogP contribution in [0.15, 0.2) is 162 Å². The van der Waals surface area contributed by atoms with Crippen LogP contribution in [-0.4, -0.2) is 19.9 Å². The van der Waals surface area contributed by atoms with Crippen LogP contribution in [0.25, 0.3) is 89.4 Å². The van der Waals surface area contributed by atoms with Crippen LogP contribution in [0.1, 0.15) is 0 Å². The molecule has 3 heterocycles. The number of fused-ring (bicyclic) bond motifs is 4. The predicted molar refractivity (Wildman–Crippen MR) is 190 cm³/mol. The molecule has 0 saturated heterocycles. The smallest absolute Gasteiger partial charge is 0.228 e. The standard InChI is InChI=1S/C42H26N4O/c1-3-12-27(13-4-1)31-16-11-17-32(26-31)41-45-39(29-14-5-2-6-15-29)44-40(46-41)30-24-22-28(23-25-30)37-33-18-7-9-20-35(33)43-42-38(37)34-19-8-10-21-36(34)47-42/h1-26H. The molecule has 0 N–H and O–H groups in total. The van der Waals surface area contributed by atoms with Crippen LogP contribution in [0.3, 0.4) is 0 Å². The van der Waals surface area contributed by atoms with Crippen molar-refractivity contribution in [1.29, 1.82) is 0 Å². The summed E-state index contributed by atoms with van der Waals surface area (Å²) in [7, 11) is 0. The highest BCUT2D eigenvalue weighted by Gasteiger charge is 2.18. The van der Waals surface area contributed by atoms with Crippen LogP contribution in [0.4, 0.5) is 0 Å². The molecule has 5 nitrogen and oxygen atoms in total. The summed E-state index contributed by atoms with van der Waals surface area (Å²) in [6.45, 7) is 0. The number of hydrogen-bond donors (Lipinski definition) is 0. The van der Waals surface area contributed by atoms with E-state index in [0.29, 0.717) is 23.2 Å². The zero-order valence-electron chi connectivity index (χ0n) is 25.2. The second-order valence-corrected chi connectivity index (χ2v) is 11.5. The normalized spacial score (nSPS) is 11.4. The third-order valence-corrected chi connectivity index (χ3v) is 8.55. The largest absolute Gasteiger partial charge is 0.438 e. The Morgan fingerprint density at radius 3 is 1.64 bits per heavy atom. The third-order valence-electron chi connectivity index (χ3n) is 8.55. The van der Waals surface area contributed by atoms with Gasteiger partial charge in [0.2, 0.25) is 5.71 Å². The van der Waals surface area contributed by atoms with Crippen molar-refractivity contribution in [3.8, 4) is 56.4 Å². The summed E-state index contributed by atoms with van der Waals surface area (Å²) < 4.78 is 6.22. The van der Waals surface area contributed by atoms with Gasteiger partial charge in [0, 0.05) is 33.0 Å². The number of hydrogen-bond acceptors (Lipinski definition) is 5. The van der Waals surface area contributed by atoms with Crippen molar-refractivity contribution < 1.29 is 4.42 Å². The zero-order chi connectivity index (χ0) is 31.2. The molecule has 220 valence electrons. The van der Waals surface area contributed by atoms with E-state index in [-0.39, 0.29) is 0 Å². The average molecular weight is 603 g/mol. The SMILES string of the molecule is c1ccc(-c2cccc(-c3nc(-c4ccccc4)nc(-c4ccc(-c5c6ccccc6nc6oc7ccccc7c56)cc4)n3)c2)cc1. The monoisotopic (exact) mass is 602 g/mol. The Kier molecular flexibility index (Phi) is 6.39. The van der Waals surface area contributed by atoms with E-state index >= 15 is 0 Å². The van der Waals surface area contributed by atoms with E-state index in [1.54, 1.807) is 0 Å². The number of para-hydroxylation sites is 2. The predicted octanol–water partition coefficient (Wildman–Crippen LogP) is 10.7. The first-order valence-electron chi connectivity index (χ1n) is 15.6. The Hall–Kier alpha value is -6.46. The number of furan rings is 1. The summed E-state index contributed by atoms with van der Waals surface area (Å²) in [4.78, 5) is 19.8. The minimum atomic E-state index is 0.615.